The van der Waals surface area contributed by atoms with Gasteiger partial charge in [0.25, 0.3) is 0 Å². The number of methoxy groups -OCH3 is 1. The Morgan fingerprint density at radius 1 is 1.26 bits per heavy atom. The third kappa shape index (κ3) is 4.04. The van der Waals surface area contributed by atoms with E-state index in [4.69, 9.17) is 19.6 Å². The number of fused-ring (bicyclic) bond motifs is 1. The number of nitrogens with zero attached hydrogens (tertiary/aromatic N) is 4. The standard InChI is InChI=1S/C25H27N5O4/c1-5-33-24(31)30-9-8-17-18(11-26)23(29)25(13-27,14-28)22(19(17)12-30)16-6-7-20(34-15(2)3)21(10-16)32-4/h6-8,10,15,18-19,22,29H,5,9,12H2,1-4H3/t18?,19-,22+/m0/s1. The van der Waals surface area contributed by atoms with Gasteiger partial charge in [-0.1, -0.05) is 12.1 Å². The van der Waals surface area contributed by atoms with Crippen LogP contribution in [0.1, 0.15) is 32.3 Å². The highest BCUT2D eigenvalue weighted by Gasteiger charge is 2.58. The Balaban J connectivity index is 2.20. The van der Waals surface area contributed by atoms with Crippen LogP contribution in [-0.2, 0) is 4.74 Å². The number of carbonyl (C=O) groups is 1. The van der Waals surface area contributed by atoms with Crippen LogP contribution >= 0.6 is 0 Å². The molecule has 9 heteroatoms. The van der Waals surface area contributed by atoms with E-state index in [0.717, 1.165) is 0 Å². The molecule has 0 spiro atoms. The van der Waals surface area contributed by atoms with E-state index >= 15 is 0 Å². The highest BCUT2D eigenvalue weighted by atomic mass is 16.6. The van der Waals surface area contributed by atoms with Gasteiger partial charge in [-0.25, -0.2) is 4.79 Å². The van der Waals surface area contributed by atoms with Gasteiger partial charge in [0.05, 0.1) is 43.7 Å². The smallest absolute Gasteiger partial charge is 0.410 e. The van der Waals surface area contributed by atoms with Gasteiger partial charge >= 0.3 is 6.09 Å². The zero-order chi connectivity index (χ0) is 25.0. The number of benzene rings is 1. The topological polar surface area (TPSA) is 143 Å². The van der Waals surface area contributed by atoms with Crippen molar-refractivity contribution in [2.24, 2.45) is 17.3 Å². The molecule has 0 bridgehead atoms. The van der Waals surface area contributed by atoms with Gasteiger partial charge in [0.15, 0.2) is 16.9 Å². The zero-order valence-corrected chi connectivity index (χ0v) is 19.7. The van der Waals surface area contributed by atoms with E-state index in [1.54, 1.807) is 31.2 Å². The third-order valence-electron chi connectivity index (χ3n) is 6.23. The molecule has 176 valence electrons. The zero-order valence-electron chi connectivity index (χ0n) is 19.7. The Labute approximate surface area is 199 Å². The van der Waals surface area contributed by atoms with E-state index in [0.29, 0.717) is 22.6 Å². The number of hydrogen-bond acceptors (Lipinski definition) is 8. The number of hydrogen-bond donors (Lipinski definition) is 1. The molecule has 1 heterocycles. The first-order chi connectivity index (χ1) is 16.3. The van der Waals surface area contributed by atoms with Crippen LogP contribution in [0.25, 0.3) is 0 Å². The fraction of sp³-hybridized carbons (Fsp3) is 0.480. The van der Waals surface area contributed by atoms with Crippen molar-refractivity contribution in [3.63, 3.8) is 0 Å². The predicted molar refractivity (Wildman–Crippen MR) is 122 cm³/mol. The lowest BCUT2D eigenvalue weighted by atomic mass is 9.54. The van der Waals surface area contributed by atoms with Crippen molar-refractivity contribution in [1.29, 1.82) is 21.2 Å². The summed E-state index contributed by atoms with van der Waals surface area (Å²) in [6.45, 7) is 6.07. The van der Waals surface area contributed by atoms with Crippen LogP contribution in [0.15, 0.2) is 29.8 Å². The van der Waals surface area contributed by atoms with Crippen molar-refractivity contribution in [3.8, 4) is 29.7 Å². The first-order valence-corrected chi connectivity index (χ1v) is 11.0. The van der Waals surface area contributed by atoms with Crippen molar-refractivity contribution in [2.75, 3.05) is 26.8 Å². The van der Waals surface area contributed by atoms with Crippen molar-refractivity contribution in [1.82, 2.24) is 4.90 Å². The first-order valence-electron chi connectivity index (χ1n) is 11.0. The average Bonchev–Trinajstić information content (AvgIpc) is 2.83. The molecule has 1 aliphatic heterocycles. The summed E-state index contributed by atoms with van der Waals surface area (Å²) in [5, 5.41) is 39.0. The Kier molecular flexibility index (Phi) is 7.13. The molecule has 1 saturated carbocycles. The molecule has 1 aromatic carbocycles. The Hall–Kier alpha value is -4.03. The summed E-state index contributed by atoms with van der Waals surface area (Å²) < 4.78 is 16.5. The highest BCUT2D eigenvalue weighted by molar-refractivity contribution is 6.01. The van der Waals surface area contributed by atoms with Gasteiger partial charge in [0.1, 0.15) is 5.92 Å². The summed E-state index contributed by atoms with van der Waals surface area (Å²) in [5.41, 5.74) is -0.927. The lowest BCUT2D eigenvalue weighted by molar-refractivity contribution is 0.0992. The van der Waals surface area contributed by atoms with E-state index < -0.39 is 29.3 Å². The molecule has 2 aliphatic rings. The van der Waals surface area contributed by atoms with Crippen LogP contribution in [0, 0.1) is 56.7 Å². The van der Waals surface area contributed by atoms with Gasteiger partial charge in [0, 0.05) is 24.9 Å². The summed E-state index contributed by atoms with van der Waals surface area (Å²) >= 11 is 0. The minimum absolute atomic E-state index is 0.0951. The van der Waals surface area contributed by atoms with E-state index in [2.05, 4.69) is 6.07 Å². The summed E-state index contributed by atoms with van der Waals surface area (Å²) in [6, 6.07) is 11.3. The molecular formula is C25H27N5O4. The molecule has 1 unspecified atom stereocenters. The summed E-state index contributed by atoms with van der Waals surface area (Å²) in [4.78, 5) is 14.0. The van der Waals surface area contributed by atoms with E-state index in [9.17, 15) is 20.6 Å². The molecule has 1 amide bonds. The molecule has 1 N–H and O–H groups in total. The normalized spacial score (nSPS) is 23.0. The molecule has 0 saturated heterocycles. The quantitative estimate of drug-likeness (QED) is 0.657. The van der Waals surface area contributed by atoms with Crippen LogP contribution in [0.4, 0.5) is 4.79 Å². The van der Waals surface area contributed by atoms with Crippen molar-refractivity contribution in [2.45, 2.75) is 32.8 Å². The number of ether oxygens (including phenoxy) is 3. The Morgan fingerprint density at radius 3 is 2.53 bits per heavy atom. The van der Waals surface area contributed by atoms with Crippen molar-refractivity contribution < 1.29 is 19.0 Å². The lowest BCUT2D eigenvalue weighted by Crippen LogP contribution is -2.53. The minimum Gasteiger partial charge on any atom is -0.493 e. The lowest BCUT2D eigenvalue weighted by Gasteiger charge is -2.47. The molecule has 9 nitrogen and oxygen atoms in total. The van der Waals surface area contributed by atoms with Gasteiger partial charge in [0.2, 0.25) is 0 Å². The van der Waals surface area contributed by atoms with E-state index in [1.807, 2.05) is 26.0 Å². The Bertz CT molecular complexity index is 1120. The van der Waals surface area contributed by atoms with Gasteiger partial charge in [-0.15, -0.1) is 0 Å². The first kappa shape index (κ1) is 24.6. The number of nitriles is 3. The van der Waals surface area contributed by atoms with Crippen molar-refractivity contribution >= 4 is 11.8 Å². The second-order valence-electron chi connectivity index (χ2n) is 8.48. The molecule has 1 fully saturated rings. The second-order valence-corrected chi connectivity index (χ2v) is 8.48. The van der Waals surface area contributed by atoms with Crippen LogP contribution < -0.4 is 9.47 Å². The molecule has 3 atom stereocenters. The highest BCUT2D eigenvalue weighted by Crippen LogP contribution is 2.54. The Morgan fingerprint density at radius 2 is 1.97 bits per heavy atom. The summed E-state index contributed by atoms with van der Waals surface area (Å²) in [7, 11) is 1.50. The maximum atomic E-state index is 12.5. The second kappa shape index (κ2) is 9.85. The number of nitrogens with one attached hydrogen (secondary N) is 1. The SMILES string of the molecule is CCOC(=O)N1CC=C2C(C#N)C(=N)C(C#N)(C#N)[C@H](c3ccc(OC(C)C)c(OC)c3)[C@H]2C1. The number of amides is 1. The number of carbonyl (C=O) groups excluding carboxylic acids is 1. The monoisotopic (exact) mass is 461 g/mol. The number of rotatable bonds is 5. The van der Waals surface area contributed by atoms with Gasteiger partial charge in [-0.05, 0) is 44.0 Å². The predicted octanol–water partition coefficient (Wildman–Crippen LogP) is 3.79. The summed E-state index contributed by atoms with van der Waals surface area (Å²) in [6.07, 6.45) is 1.14. The molecule has 0 radical (unpaired) electrons. The third-order valence-corrected chi connectivity index (χ3v) is 6.23. The van der Waals surface area contributed by atoms with Crippen LogP contribution in [0.3, 0.4) is 0 Å². The van der Waals surface area contributed by atoms with E-state index in [-0.39, 0.29) is 31.5 Å². The van der Waals surface area contributed by atoms with Crippen LogP contribution in [-0.4, -0.2) is 49.6 Å². The molecule has 3 rings (SSSR count). The summed E-state index contributed by atoms with van der Waals surface area (Å²) in [5.74, 6) is -1.44. The fourth-order valence-electron chi connectivity index (χ4n) is 4.78. The molecule has 0 aromatic heterocycles. The molecule has 1 aromatic rings. The van der Waals surface area contributed by atoms with Gasteiger partial charge < -0.3 is 24.5 Å². The fourth-order valence-corrected chi connectivity index (χ4v) is 4.78. The van der Waals surface area contributed by atoms with Gasteiger partial charge in [-0.2, -0.15) is 15.8 Å². The largest absolute Gasteiger partial charge is 0.493 e. The van der Waals surface area contributed by atoms with E-state index in [1.165, 1.54) is 12.0 Å². The molecule has 1 aliphatic carbocycles. The van der Waals surface area contributed by atoms with Crippen molar-refractivity contribution in [3.05, 3.63) is 35.4 Å². The van der Waals surface area contributed by atoms with Crippen LogP contribution in [0.5, 0.6) is 11.5 Å². The minimum atomic E-state index is -1.90. The average molecular weight is 462 g/mol. The van der Waals surface area contributed by atoms with Crippen LogP contribution in [0.2, 0.25) is 0 Å². The maximum Gasteiger partial charge on any atom is 0.410 e. The molecular weight excluding hydrogens is 434 g/mol. The molecule has 34 heavy (non-hydrogen) atoms. The maximum absolute atomic E-state index is 12.5. The van der Waals surface area contributed by atoms with Gasteiger partial charge in [-0.3, -0.25) is 0 Å².